The Morgan fingerprint density at radius 2 is 2.21 bits per heavy atom. The SMILES string of the molecule is Cc1nc(F)ccc1CNC1(C)CC1. The number of halogens is 1. The predicted molar refractivity (Wildman–Crippen MR) is 53.4 cm³/mol. The molecule has 0 amide bonds. The van der Waals surface area contributed by atoms with Crippen LogP contribution in [0.3, 0.4) is 0 Å². The van der Waals surface area contributed by atoms with Crippen LogP contribution in [0.15, 0.2) is 12.1 Å². The van der Waals surface area contributed by atoms with Gasteiger partial charge in [-0.05, 0) is 38.3 Å². The van der Waals surface area contributed by atoms with Crippen molar-refractivity contribution in [2.45, 2.75) is 38.8 Å². The quantitative estimate of drug-likeness (QED) is 0.746. The van der Waals surface area contributed by atoms with Gasteiger partial charge in [0.25, 0.3) is 0 Å². The van der Waals surface area contributed by atoms with Crippen molar-refractivity contribution in [1.29, 1.82) is 0 Å². The van der Waals surface area contributed by atoms with E-state index < -0.39 is 5.95 Å². The lowest BCUT2D eigenvalue weighted by atomic mass is 10.2. The summed E-state index contributed by atoms with van der Waals surface area (Å²) in [4.78, 5) is 3.79. The van der Waals surface area contributed by atoms with E-state index in [1.165, 1.54) is 18.9 Å². The predicted octanol–water partition coefficient (Wildman–Crippen LogP) is 2.17. The van der Waals surface area contributed by atoms with E-state index in [0.717, 1.165) is 17.8 Å². The number of nitrogens with zero attached hydrogens (tertiary/aromatic N) is 1. The van der Waals surface area contributed by atoms with Crippen LogP contribution >= 0.6 is 0 Å². The molecule has 1 fully saturated rings. The second-order valence-corrected chi connectivity index (χ2v) is 4.29. The standard InChI is InChI=1S/C11H15FN2/c1-8-9(3-4-10(12)14-8)7-13-11(2)5-6-11/h3-4,13H,5-7H2,1-2H3. The highest BCUT2D eigenvalue weighted by molar-refractivity contribution is 5.19. The van der Waals surface area contributed by atoms with E-state index in [9.17, 15) is 4.39 Å². The zero-order chi connectivity index (χ0) is 10.2. The number of aromatic nitrogens is 1. The lowest BCUT2D eigenvalue weighted by molar-refractivity contribution is 0.531. The summed E-state index contributed by atoms with van der Waals surface area (Å²) in [5.41, 5.74) is 2.18. The molecule has 1 aliphatic carbocycles. The first-order valence-corrected chi connectivity index (χ1v) is 4.96. The van der Waals surface area contributed by atoms with Gasteiger partial charge >= 0.3 is 0 Å². The molecule has 2 nitrogen and oxygen atoms in total. The van der Waals surface area contributed by atoms with Crippen LogP contribution in [-0.2, 0) is 6.54 Å². The molecule has 1 aromatic heterocycles. The van der Waals surface area contributed by atoms with Crippen molar-refractivity contribution in [1.82, 2.24) is 10.3 Å². The molecular weight excluding hydrogens is 179 g/mol. The van der Waals surface area contributed by atoms with Gasteiger partial charge in [-0.1, -0.05) is 6.07 Å². The van der Waals surface area contributed by atoms with E-state index in [0.29, 0.717) is 5.54 Å². The molecule has 0 unspecified atom stereocenters. The molecule has 0 bridgehead atoms. The molecule has 2 rings (SSSR count). The molecule has 0 radical (unpaired) electrons. The Balaban J connectivity index is 2.02. The number of pyridine rings is 1. The number of hydrogen-bond acceptors (Lipinski definition) is 2. The summed E-state index contributed by atoms with van der Waals surface area (Å²) in [6.07, 6.45) is 2.47. The topological polar surface area (TPSA) is 24.9 Å². The van der Waals surface area contributed by atoms with Gasteiger partial charge in [-0.3, -0.25) is 0 Å². The molecule has 1 aliphatic rings. The fourth-order valence-electron chi connectivity index (χ4n) is 1.42. The highest BCUT2D eigenvalue weighted by Gasteiger charge is 2.36. The first-order valence-electron chi connectivity index (χ1n) is 4.96. The van der Waals surface area contributed by atoms with Crippen molar-refractivity contribution in [2.75, 3.05) is 0 Å². The van der Waals surface area contributed by atoms with Crippen LogP contribution in [0.1, 0.15) is 31.0 Å². The molecule has 1 aromatic rings. The Hall–Kier alpha value is -0.960. The van der Waals surface area contributed by atoms with E-state index in [2.05, 4.69) is 17.2 Å². The van der Waals surface area contributed by atoms with E-state index in [4.69, 9.17) is 0 Å². The summed E-state index contributed by atoms with van der Waals surface area (Å²) < 4.78 is 12.7. The normalized spacial score (nSPS) is 18.2. The van der Waals surface area contributed by atoms with Crippen LogP contribution in [0.5, 0.6) is 0 Å². The van der Waals surface area contributed by atoms with Crippen LogP contribution in [0.25, 0.3) is 0 Å². The van der Waals surface area contributed by atoms with Gasteiger partial charge in [-0.25, -0.2) is 4.98 Å². The molecule has 0 atom stereocenters. The average molecular weight is 194 g/mol. The van der Waals surface area contributed by atoms with Gasteiger partial charge in [0.1, 0.15) is 0 Å². The summed E-state index contributed by atoms with van der Waals surface area (Å²) in [5, 5.41) is 3.45. The Bertz CT molecular complexity index is 345. The molecule has 0 aliphatic heterocycles. The van der Waals surface area contributed by atoms with Crippen LogP contribution in [-0.4, -0.2) is 10.5 Å². The smallest absolute Gasteiger partial charge is 0.213 e. The van der Waals surface area contributed by atoms with Crippen LogP contribution in [0.2, 0.25) is 0 Å². The minimum Gasteiger partial charge on any atom is -0.307 e. The molecular formula is C11H15FN2. The van der Waals surface area contributed by atoms with Gasteiger partial charge < -0.3 is 5.32 Å². The highest BCUT2D eigenvalue weighted by Crippen LogP contribution is 2.34. The second-order valence-electron chi connectivity index (χ2n) is 4.29. The Morgan fingerprint density at radius 1 is 1.50 bits per heavy atom. The minimum atomic E-state index is -0.399. The Kier molecular flexibility index (Phi) is 2.27. The largest absolute Gasteiger partial charge is 0.307 e. The lowest BCUT2D eigenvalue weighted by Gasteiger charge is -2.12. The molecule has 1 N–H and O–H groups in total. The monoisotopic (exact) mass is 194 g/mol. The maximum absolute atomic E-state index is 12.7. The molecule has 1 heterocycles. The van der Waals surface area contributed by atoms with Gasteiger partial charge in [0, 0.05) is 17.8 Å². The molecule has 0 aromatic carbocycles. The number of hydrogen-bond donors (Lipinski definition) is 1. The molecule has 3 heteroatoms. The van der Waals surface area contributed by atoms with Gasteiger partial charge in [0.05, 0.1) is 0 Å². The van der Waals surface area contributed by atoms with Crippen molar-refractivity contribution in [2.24, 2.45) is 0 Å². The van der Waals surface area contributed by atoms with Gasteiger partial charge in [0.2, 0.25) is 5.95 Å². The lowest BCUT2D eigenvalue weighted by Crippen LogP contribution is -2.27. The van der Waals surface area contributed by atoms with E-state index >= 15 is 0 Å². The van der Waals surface area contributed by atoms with Crippen molar-refractivity contribution in [3.63, 3.8) is 0 Å². The summed E-state index contributed by atoms with van der Waals surface area (Å²) in [5.74, 6) is -0.399. The number of nitrogens with one attached hydrogen (secondary N) is 1. The number of aryl methyl sites for hydroxylation is 1. The van der Waals surface area contributed by atoms with Crippen molar-refractivity contribution in [3.05, 3.63) is 29.3 Å². The van der Waals surface area contributed by atoms with E-state index in [1.807, 2.05) is 6.92 Å². The summed E-state index contributed by atoms with van der Waals surface area (Å²) in [6.45, 7) is 4.84. The summed E-state index contributed by atoms with van der Waals surface area (Å²) >= 11 is 0. The van der Waals surface area contributed by atoms with Crippen molar-refractivity contribution < 1.29 is 4.39 Å². The van der Waals surface area contributed by atoms with E-state index in [1.54, 1.807) is 6.07 Å². The van der Waals surface area contributed by atoms with Crippen molar-refractivity contribution in [3.8, 4) is 0 Å². The second kappa shape index (κ2) is 3.31. The van der Waals surface area contributed by atoms with Gasteiger partial charge in [-0.2, -0.15) is 4.39 Å². The van der Waals surface area contributed by atoms with Gasteiger partial charge in [0.15, 0.2) is 0 Å². The highest BCUT2D eigenvalue weighted by atomic mass is 19.1. The third kappa shape index (κ3) is 2.10. The molecule has 14 heavy (non-hydrogen) atoms. The van der Waals surface area contributed by atoms with Crippen LogP contribution in [0, 0.1) is 12.9 Å². The maximum Gasteiger partial charge on any atom is 0.213 e. The fraction of sp³-hybridized carbons (Fsp3) is 0.545. The maximum atomic E-state index is 12.7. The van der Waals surface area contributed by atoms with Crippen molar-refractivity contribution >= 4 is 0 Å². The number of rotatable bonds is 3. The zero-order valence-corrected chi connectivity index (χ0v) is 8.60. The zero-order valence-electron chi connectivity index (χ0n) is 8.60. The summed E-state index contributed by atoms with van der Waals surface area (Å²) in [7, 11) is 0. The average Bonchev–Trinajstić information content (AvgIpc) is 2.83. The first kappa shape index (κ1) is 9.59. The first-order chi connectivity index (χ1) is 6.59. The Morgan fingerprint density at radius 3 is 2.79 bits per heavy atom. The fourth-order valence-corrected chi connectivity index (χ4v) is 1.42. The summed E-state index contributed by atoms with van der Waals surface area (Å²) in [6, 6.07) is 3.22. The Labute approximate surface area is 83.6 Å². The third-order valence-corrected chi connectivity index (χ3v) is 2.87. The molecule has 76 valence electrons. The van der Waals surface area contributed by atoms with Gasteiger partial charge in [-0.15, -0.1) is 0 Å². The van der Waals surface area contributed by atoms with Crippen LogP contribution in [0.4, 0.5) is 4.39 Å². The van der Waals surface area contributed by atoms with E-state index in [-0.39, 0.29) is 0 Å². The third-order valence-electron chi connectivity index (χ3n) is 2.87. The molecule has 0 spiro atoms. The molecule has 1 saturated carbocycles. The minimum absolute atomic E-state index is 0.320. The molecule has 0 saturated heterocycles. The van der Waals surface area contributed by atoms with Crippen LogP contribution < -0.4 is 5.32 Å².